The van der Waals surface area contributed by atoms with E-state index >= 15 is 0 Å². The van der Waals surface area contributed by atoms with Crippen molar-refractivity contribution in [3.05, 3.63) is 28.4 Å². The normalized spacial score (nSPS) is 31.8. The highest BCUT2D eigenvalue weighted by molar-refractivity contribution is 4.99. The van der Waals surface area contributed by atoms with Crippen LogP contribution in [0.2, 0.25) is 0 Å². The fourth-order valence-electron chi connectivity index (χ4n) is 2.23. The summed E-state index contributed by atoms with van der Waals surface area (Å²) in [7, 11) is 1.49. The average molecular weight is 254 g/mol. The van der Waals surface area contributed by atoms with E-state index in [0.717, 1.165) is 0 Å². The fourth-order valence-corrected chi connectivity index (χ4v) is 2.23. The summed E-state index contributed by atoms with van der Waals surface area (Å²) in [5.74, 6) is 0. The Bertz CT molecular complexity index is 473. The van der Waals surface area contributed by atoms with E-state index in [4.69, 9.17) is 9.47 Å². The van der Waals surface area contributed by atoms with Crippen molar-refractivity contribution in [3.63, 3.8) is 0 Å². The Balaban J connectivity index is 2.35. The molecule has 0 bridgehead atoms. The highest BCUT2D eigenvalue weighted by Gasteiger charge is 2.44. The summed E-state index contributed by atoms with van der Waals surface area (Å²) in [5, 5.41) is 10.0. The van der Waals surface area contributed by atoms with Gasteiger partial charge in [0.25, 0.3) is 0 Å². The number of aromatic nitrogens is 2. The van der Waals surface area contributed by atoms with E-state index in [1.165, 1.54) is 11.7 Å². The average Bonchev–Trinajstić information content (AvgIpc) is 2.65. The molecule has 1 aromatic rings. The number of hydrogen-bond donors (Lipinski definition) is 1. The third-order valence-electron chi connectivity index (χ3n) is 3.23. The maximum atomic E-state index is 11.8. The second kappa shape index (κ2) is 5.17. The molecule has 1 saturated heterocycles. The first kappa shape index (κ1) is 13.2. The second-order valence-corrected chi connectivity index (χ2v) is 4.42. The molecule has 4 unspecified atom stereocenters. The van der Waals surface area contributed by atoms with Crippen molar-refractivity contribution >= 4 is 0 Å². The van der Waals surface area contributed by atoms with E-state index in [9.17, 15) is 9.90 Å². The minimum absolute atomic E-state index is 0.326. The summed E-state index contributed by atoms with van der Waals surface area (Å²) in [4.78, 5) is 15.7. The third-order valence-corrected chi connectivity index (χ3v) is 3.23. The lowest BCUT2D eigenvalue weighted by Crippen LogP contribution is -2.36. The lowest BCUT2D eigenvalue weighted by molar-refractivity contribution is -0.0542. The number of aryl methyl sites for hydroxylation is 1. The van der Waals surface area contributed by atoms with Gasteiger partial charge in [0.1, 0.15) is 12.2 Å². The van der Waals surface area contributed by atoms with E-state index < -0.39 is 24.1 Å². The van der Waals surface area contributed by atoms with Crippen LogP contribution in [0, 0.1) is 6.92 Å². The molecular formula is C12H18N2O4. The van der Waals surface area contributed by atoms with Crippen LogP contribution in [-0.2, 0) is 9.47 Å². The number of rotatable bonds is 3. The number of hydrogen-bond acceptors (Lipinski definition) is 5. The van der Waals surface area contributed by atoms with Crippen molar-refractivity contribution in [2.75, 3.05) is 7.11 Å². The van der Waals surface area contributed by atoms with Gasteiger partial charge in [-0.05, 0) is 19.4 Å². The summed E-state index contributed by atoms with van der Waals surface area (Å²) in [6, 6.07) is 1.73. The molecule has 0 amide bonds. The van der Waals surface area contributed by atoms with Gasteiger partial charge in [-0.15, -0.1) is 0 Å². The minimum Gasteiger partial charge on any atom is -0.388 e. The van der Waals surface area contributed by atoms with Gasteiger partial charge in [0.15, 0.2) is 6.23 Å². The molecule has 0 saturated carbocycles. The Labute approximate surface area is 105 Å². The number of aliphatic hydroxyl groups is 1. The van der Waals surface area contributed by atoms with Crippen LogP contribution in [0.15, 0.2) is 17.1 Å². The molecule has 2 rings (SSSR count). The van der Waals surface area contributed by atoms with E-state index in [0.29, 0.717) is 12.1 Å². The Hall–Kier alpha value is -1.24. The van der Waals surface area contributed by atoms with Gasteiger partial charge in [-0.3, -0.25) is 4.57 Å². The van der Waals surface area contributed by atoms with E-state index in [1.54, 1.807) is 19.2 Å². The zero-order chi connectivity index (χ0) is 13.3. The molecule has 18 heavy (non-hydrogen) atoms. The highest BCUT2D eigenvalue weighted by Crippen LogP contribution is 2.31. The Morgan fingerprint density at radius 1 is 1.61 bits per heavy atom. The van der Waals surface area contributed by atoms with Crippen molar-refractivity contribution in [1.29, 1.82) is 0 Å². The first-order valence-corrected chi connectivity index (χ1v) is 6.00. The van der Waals surface area contributed by atoms with Crippen molar-refractivity contribution in [1.82, 2.24) is 9.55 Å². The lowest BCUT2D eigenvalue weighted by Gasteiger charge is -2.20. The predicted octanol–water partition coefficient (Wildman–Crippen LogP) is 0.235. The zero-order valence-electron chi connectivity index (χ0n) is 10.7. The van der Waals surface area contributed by atoms with Gasteiger partial charge in [-0.2, -0.15) is 4.98 Å². The van der Waals surface area contributed by atoms with Crippen molar-refractivity contribution in [2.24, 2.45) is 0 Å². The fraction of sp³-hybridized carbons (Fsp3) is 0.667. The van der Waals surface area contributed by atoms with Gasteiger partial charge in [0, 0.05) is 19.0 Å². The van der Waals surface area contributed by atoms with Crippen LogP contribution in [0.1, 0.15) is 25.3 Å². The summed E-state index contributed by atoms with van der Waals surface area (Å²) in [5.41, 5.74) is 0.252. The van der Waals surface area contributed by atoms with E-state index in [-0.39, 0.29) is 6.10 Å². The molecular weight excluding hydrogens is 236 g/mol. The van der Waals surface area contributed by atoms with Crippen molar-refractivity contribution in [3.8, 4) is 0 Å². The lowest BCUT2D eigenvalue weighted by atomic mass is 10.1. The smallest absolute Gasteiger partial charge is 0.349 e. The largest absolute Gasteiger partial charge is 0.388 e. The van der Waals surface area contributed by atoms with Crippen LogP contribution in [0.25, 0.3) is 0 Å². The molecule has 0 aliphatic carbocycles. The van der Waals surface area contributed by atoms with Gasteiger partial charge in [0.2, 0.25) is 0 Å². The first-order valence-electron chi connectivity index (χ1n) is 6.00. The molecule has 1 N–H and O–H groups in total. The molecule has 100 valence electrons. The van der Waals surface area contributed by atoms with Crippen molar-refractivity contribution < 1.29 is 14.6 Å². The SMILES string of the molecule is CCC1OC(n2ccc(C)nc2=O)C(OC)C1O. The maximum absolute atomic E-state index is 11.8. The third kappa shape index (κ3) is 2.19. The zero-order valence-corrected chi connectivity index (χ0v) is 10.7. The number of nitrogens with zero attached hydrogens (tertiary/aromatic N) is 2. The van der Waals surface area contributed by atoms with Gasteiger partial charge >= 0.3 is 5.69 Å². The summed E-state index contributed by atoms with van der Waals surface area (Å²) in [6.07, 6.45) is 0.0246. The van der Waals surface area contributed by atoms with Crippen LogP contribution in [0.5, 0.6) is 0 Å². The Morgan fingerprint density at radius 2 is 2.33 bits per heavy atom. The quantitative estimate of drug-likeness (QED) is 0.836. The number of ether oxygens (including phenoxy) is 2. The van der Waals surface area contributed by atoms with Crippen LogP contribution < -0.4 is 5.69 Å². The summed E-state index contributed by atoms with van der Waals surface area (Å²) < 4.78 is 12.3. The van der Waals surface area contributed by atoms with Crippen LogP contribution in [-0.4, -0.2) is 40.1 Å². The van der Waals surface area contributed by atoms with Gasteiger partial charge in [-0.25, -0.2) is 4.79 Å². The van der Waals surface area contributed by atoms with E-state index in [1.807, 2.05) is 6.92 Å². The number of methoxy groups -OCH3 is 1. The van der Waals surface area contributed by atoms with E-state index in [2.05, 4.69) is 4.98 Å². The molecule has 0 spiro atoms. The van der Waals surface area contributed by atoms with Gasteiger partial charge in [-0.1, -0.05) is 6.92 Å². The minimum atomic E-state index is -0.738. The molecule has 4 atom stereocenters. The predicted molar refractivity (Wildman–Crippen MR) is 64.2 cm³/mol. The Kier molecular flexibility index (Phi) is 3.79. The second-order valence-electron chi connectivity index (χ2n) is 4.42. The van der Waals surface area contributed by atoms with Crippen LogP contribution >= 0.6 is 0 Å². The Morgan fingerprint density at radius 3 is 2.89 bits per heavy atom. The van der Waals surface area contributed by atoms with Crippen molar-refractivity contribution in [2.45, 2.75) is 44.8 Å². The molecule has 0 radical (unpaired) electrons. The molecule has 0 aromatic carbocycles. The molecule has 1 fully saturated rings. The van der Waals surface area contributed by atoms with Crippen LogP contribution in [0.4, 0.5) is 0 Å². The van der Waals surface area contributed by atoms with Gasteiger partial charge in [0.05, 0.1) is 6.10 Å². The van der Waals surface area contributed by atoms with Crippen LogP contribution in [0.3, 0.4) is 0 Å². The first-order chi connectivity index (χ1) is 8.58. The molecule has 2 heterocycles. The number of aliphatic hydroxyl groups excluding tert-OH is 1. The van der Waals surface area contributed by atoms with Gasteiger partial charge < -0.3 is 14.6 Å². The standard InChI is InChI=1S/C12H18N2O4/c1-4-8-9(15)10(17-3)11(18-8)14-6-5-7(2)13-12(14)16/h5-6,8-11,15H,4H2,1-3H3. The molecule has 1 aromatic heterocycles. The molecule has 6 heteroatoms. The maximum Gasteiger partial charge on any atom is 0.349 e. The summed E-state index contributed by atoms with van der Waals surface area (Å²) in [6.45, 7) is 3.66. The summed E-state index contributed by atoms with van der Waals surface area (Å²) >= 11 is 0. The molecule has 1 aliphatic heterocycles. The molecule has 6 nitrogen and oxygen atoms in total. The highest BCUT2D eigenvalue weighted by atomic mass is 16.6. The monoisotopic (exact) mass is 254 g/mol. The topological polar surface area (TPSA) is 73.6 Å². The molecule has 1 aliphatic rings.